The molecular weight excluding hydrogens is 346 g/mol. The first-order chi connectivity index (χ1) is 11.5. The zero-order valence-electron chi connectivity index (χ0n) is 13.6. The highest BCUT2D eigenvalue weighted by molar-refractivity contribution is 7.91. The van der Waals surface area contributed by atoms with Crippen molar-refractivity contribution < 1.29 is 12.8 Å². The Labute approximate surface area is 146 Å². The molecule has 2 aliphatic rings. The summed E-state index contributed by atoms with van der Waals surface area (Å²) in [7, 11) is -1.33. The lowest BCUT2D eigenvalue weighted by atomic mass is 9.80. The summed E-state index contributed by atoms with van der Waals surface area (Å²) >= 11 is 1.25. The third kappa shape index (κ3) is 2.81. The van der Waals surface area contributed by atoms with Crippen LogP contribution in [-0.4, -0.2) is 55.8 Å². The monoisotopic (exact) mass is 367 g/mol. The molecule has 0 unspecified atom stereocenters. The van der Waals surface area contributed by atoms with Gasteiger partial charge in [0.15, 0.2) is 12.2 Å². The van der Waals surface area contributed by atoms with E-state index in [1.54, 1.807) is 22.6 Å². The van der Waals surface area contributed by atoms with Gasteiger partial charge in [-0.05, 0) is 50.4 Å². The Bertz CT molecular complexity index is 812. The van der Waals surface area contributed by atoms with Crippen LogP contribution >= 0.6 is 11.3 Å². The number of nitrogens with zero attached hydrogens (tertiary/aromatic N) is 3. The second kappa shape index (κ2) is 5.94. The molecule has 24 heavy (non-hydrogen) atoms. The van der Waals surface area contributed by atoms with Crippen molar-refractivity contribution in [1.29, 1.82) is 0 Å². The van der Waals surface area contributed by atoms with Crippen molar-refractivity contribution in [3.8, 4) is 10.6 Å². The molecular formula is C16H21N3O3S2. The van der Waals surface area contributed by atoms with Crippen molar-refractivity contribution in [1.82, 2.24) is 14.2 Å². The minimum Gasteiger partial charge on any atom is -0.443 e. The van der Waals surface area contributed by atoms with E-state index in [1.165, 1.54) is 17.7 Å². The smallest absolute Gasteiger partial charge is 0.252 e. The number of hydrogen-bond acceptors (Lipinski definition) is 6. The highest BCUT2D eigenvalue weighted by Gasteiger charge is 2.43. The first kappa shape index (κ1) is 16.3. The Morgan fingerprint density at radius 1 is 1.25 bits per heavy atom. The number of piperidine rings is 1. The first-order valence-corrected chi connectivity index (χ1v) is 10.4. The van der Waals surface area contributed by atoms with Gasteiger partial charge in [-0.25, -0.2) is 13.4 Å². The molecule has 0 amide bonds. The molecule has 2 aromatic rings. The van der Waals surface area contributed by atoms with Crippen LogP contribution < -0.4 is 0 Å². The first-order valence-electron chi connectivity index (χ1n) is 8.16. The number of sulfonamides is 1. The summed E-state index contributed by atoms with van der Waals surface area (Å²) in [4.78, 5) is 6.99. The van der Waals surface area contributed by atoms with Gasteiger partial charge in [-0.1, -0.05) is 0 Å². The molecule has 0 radical (unpaired) electrons. The van der Waals surface area contributed by atoms with Crippen LogP contribution in [0.1, 0.15) is 19.3 Å². The maximum Gasteiger partial charge on any atom is 0.252 e. The van der Waals surface area contributed by atoms with Gasteiger partial charge in [0.1, 0.15) is 4.21 Å². The summed E-state index contributed by atoms with van der Waals surface area (Å²) < 4.78 is 33.5. The molecule has 0 N–H and O–H groups in total. The summed E-state index contributed by atoms with van der Waals surface area (Å²) in [6.45, 7) is 3.30. The van der Waals surface area contributed by atoms with Crippen LogP contribution in [0.5, 0.6) is 0 Å². The zero-order chi connectivity index (χ0) is 16.8. The van der Waals surface area contributed by atoms with E-state index in [0.29, 0.717) is 23.1 Å². The Balaban J connectivity index is 1.58. The predicted molar refractivity (Wildman–Crippen MR) is 92.4 cm³/mol. The lowest BCUT2D eigenvalue weighted by Gasteiger charge is -2.39. The van der Waals surface area contributed by atoms with Crippen LogP contribution in [0.15, 0.2) is 33.3 Å². The van der Waals surface area contributed by atoms with Crippen LogP contribution in [0.2, 0.25) is 0 Å². The molecule has 2 fully saturated rings. The van der Waals surface area contributed by atoms with Gasteiger partial charge in [-0.2, -0.15) is 4.31 Å². The summed E-state index contributed by atoms with van der Waals surface area (Å²) in [6.07, 6.45) is 6.11. The van der Waals surface area contributed by atoms with E-state index in [0.717, 1.165) is 37.2 Å². The molecule has 4 rings (SSSR count). The summed E-state index contributed by atoms with van der Waals surface area (Å²) in [6, 6.07) is 3.47. The lowest BCUT2D eigenvalue weighted by molar-refractivity contribution is 0.153. The fourth-order valence-electron chi connectivity index (χ4n) is 3.92. The average Bonchev–Trinajstić information content (AvgIpc) is 3.28. The van der Waals surface area contributed by atoms with Gasteiger partial charge < -0.3 is 9.32 Å². The lowest BCUT2D eigenvalue weighted by Crippen LogP contribution is -2.46. The standard InChI is InChI=1S/C16H21N3O3S2/c1-18-8-6-16(10-18)5-2-7-19(11-16)24(20,21)15-4-3-14(23-15)13-9-17-12-22-13/h3-4,9,12H,2,5-8,10-11H2,1H3/t16-/m0/s1. The van der Waals surface area contributed by atoms with E-state index in [-0.39, 0.29) is 5.41 Å². The van der Waals surface area contributed by atoms with E-state index in [9.17, 15) is 8.42 Å². The molecule has 1 atom stereocenters. The molecule has 6 nitrogen and oxygen atoms in total. The fourth-order valence-corrected chi connectivity index (χ4v) is 6.92. The SMILES string of the molecule is CN1CC[C@@]2(CCCN(S(=O)(=O)c3ccc(-c4cnco4)s3)C2)C1. The van der Waals surface area contributed by atoms with Gasteiger partial charge in [-0.15, -0.1) is 11.3 Å². The van der Waals surface area contributed by atoms with Crippen molar-refractivity contribution in [3.63, 3.8) is 0 Å². The summed E-state index contributed by atoms with van der Waals surface area (Å²) in [5.41, 5.74) is 0.130. The van der Waals surface area contributed by atoms with Crippen molar-refractivity contribution in [3.05, 3.63) is 24.7 Å². The molecule has 0 bridgehead atoms. The Hall–Kier alpha value is -1.22. The second-order valence-electron chi connectivity index (χ2n) is 6.91. The van der Waals surface area contributed by atoms with E-state index in [1.807, 2.05) is 0 Å². The molecule has 130 valence electrons. The summed E-state index contributed by atoms with van der Waals surface area (Å²) in [5.74, 6) is 0.606. The predicted octanol–water partition coefficient (Wildman–Crippen LogP) is 2.51. The maximum absolute atomic E-state index is 13.1. The number of thiophene rings is 1. The van der Waals surface area contributed by atoms with Crippen molar-refractivity contribution in [2.75, 3.05) is 33.2 Å². The largest absolute Gasteiger partial charge is 0.443 e. The van der Waals surface area contributed by atoms with Crippen molar-refractivity contribution >= 4 is 21.4 Å². The Morgan fingerprint density at radius 3 is 2.83 bits per heavy atom. The average molecular weight is 367 g/mol. The summed E-state index contributed by atoms with van der Waals surface area (Å²) in [5, 5.41) is 0. The minimum atomic E-state index is -3.44. The van der Waals surface area contributed by atoms with Crippen LogP contribution in [-0.2, 0) is 10.0 Å². The van der Waals surface area contributed by atoms with Gasteiger partial charge >= 0.3 is 0 Å². The van der Waals surface area contributed by atoms with Gasteiger partial charge in [0, 0.05) is 19.6 Å². The normalized spacial score (nSPS) is 26.4. The van der Waals surface area contributed by atoms with E-state index in [2.05, 4.69) is 16.9 Å². The highest BCUT2D eigenvalue weighted by Crippen LogP contribution is 2.41. The number of oxazole rings is 1. The molecule has 0 aliphatic carbocycles. The zero-order valence-corrected chi connectivity index (χ0v) is 15.3. The fraction of sp³-hybridized carbons (Fsp3) is 0.562. The van der Waals surface area contributed by atoms with Crippen LogP contribution in [0.4, 0.5) is 0 Å². The maximum atomic E-state index is 13.1. The topological polar surface area (TPSA) is 66.7 Å². The molecule has 2 aromatic heterocycles. The molecule has 2 saturated heterocycles. The van der Waals surface area contributed by atoms with Crippen LogP contribution in [0, 0.1) is 5.41 Å². The van der Waals surface area contributed by atoms with Crippen LogP contribution in [0.25, 0.3) is 10.6 Å². The van der Waals surface area contributed by atoms with Gasteiger partial charge in [0.25, 0.3) is 10.0 Å². The number of aromatic nitrogens is 1. The quantitative estimate of drug-likeness (QED) is 0.834. The number of likely N-dealkylation sites (tertiary alicyclic amines) is 1. The number of hydrogen-bond donors (Lipinski definition) is 0. The van der Waals surface area contributed by atoms with Gasteiger partial charge in [0.2, 0.25) is 0 Å². The molecule has 1 spiro atoms. The molecule has 0 saturated carbocycles. The van der Waals surface area contributed by atoms with E-state index >= 15 is 0 Å². The molecule has 8 heteroatoms. The third-order valence-corrected chi connectivity index (χ3v) is 8.52. The van der Waals surface area contributed by atoms with Crippen molar-refractivity contribution in [2.45, 2.75) is 23.5 Å². The van der Waals surface area contributed by atoms with E-state index < -0.39 is 10.0 Å². The molecule has 0 aromatic carbocycles. The molecule has 2 aliphatic heterocycles. The van der Waals surface area contributed by atoms with Gasteiger partial charge in [0.05, 0.1) is 11.1 Å². The third-order valence-electron chi connectivity index (χ3n) is 5.11. The van der Waals surface area contributed by atoms with Crippen LogP contribution in [0.3, 0.4) is 0 Å². The van der Waals surface area contributed by atoms with E-state index in [4.69, 9.17) is 4.42 Å². The molecule has 4 heterocycles. The Morgan fingerprint density at radius 2 is 2.12 bits per heavy atom. The van der Waals surface area contributed by atoms with Crippen molar-refractivity contribution in [2.24, 2.45) is 5.41 Å². The number of rotatable bonds is 3. The van der Waals surface area contributed by atoms with Gasteiger partial charge in [-0.3, -0.25) is 0 Å². The second-order valence-corrected chi connectivity index (χ2v) is 10.2. The highest BCUT2D eigenvalue weighted by atomic mass is 32.2. The Kier molecular flexibility index (Phi) is 4.03. The minimum absolute atomic E-state index is 0.130.